The van der Waals surface area contributed by atoms with Gasteiger partial charge in [-0.2, -0.15) is 0 Å². The minimum Gasteiger partial charge on any atom is -0.508 e. The lowest BCUT2D eigenvalue weighted by Crippen LogP contribution is -2.41. The van der Waals surface area contributed by atoms with E-state index in [1.807, 2.05) is 12.1 Å². The van der Waals surface area contributed by atoms with Gasteiger partial charge in [-0.3, -0.25) is 0 Å². The summed E-state index contributed by atoms with van der Waals surface area (Å²) in [6, 6.07) is 7.70. The van der Waals surface area contributed by atoms with Crippen LogP contribution in [0.15, 0.2) is 61.5 Å². The summed E-state index contributed by atoms with van der Waals surface area (Å²) >= 11 is 0. The van der Waals surface area contributed by atoms with Gasteiger partial charge in [-0.1, -0.05) is 43.5 Å². The Morgan fingerprint density at radius 3 is 2.43 bits per heavy atom. The first-order valence-electron chi connectivity index (χ1n) is 7.83. The van der Waals surface area contributed by atoms with Crippen molar-refractivity contribution in [2.24, 2.45) is 0 Å². The molecule has 4 nitrogen and oxygen atoms in total. The number of rotatable bonds is 11. The Labute approximate surface area is 140 Å². The summed E-state index contributed by atoms with van der Waals surface area (Å²) in [5.74, 6) is 1.12. The Hall–Kier alpha value is -2.20. The third kappa shape index (κ3) is 7.56. The molecule has 3 N–H and O–H groups in total. The summed E-state index contributed by atoms with van der Waals surface area (Å²) in [6.07, 6.45) is 3.53. The van der Waals surface area contributed by atoms with E-state index < -0.39 is 0 Å². The highest BCUT2D eigenvalue weighted by Crippen LogP contribution is 2.12. The number of phenols is 1. The summed E-state index contributed by atoms with van der Waals surface area (Å²) in [5, 5.41) is 15.9. The molecule has 0 saturated carbocycles. The van der Waals surface area contributed by atoms with E-state index in [0.717, 1.165) is 37.3 Å². The molecule has 1 aromatic carbocycles. The third-order valence-corrected chi connectivity index (χ3v) is 3.76. The normalized spacial score (nSPS) is 11.8. The minimum absolute atomic E-state index is 0.298. The van der Waals surface area contributed by atoms with Crippen LogP contribution in [0, 0.1) is 0 Å². The standard InChI is InChI=1S/C19H29N3O/c1-6-15(2)11-12-20-16(3)21-14-18(22(4)5)13-17-7-9-19(23)10-8-17/h6-10,18,20-21,23H,1-3,11-14H2,4-5H3. The molecule has 1 rings (SSSR count). The molecule has 23 heavy (non-hydrogen) atoms. The quantitative estimate of drug-likeness (QED) is 0.550. The maximum Gasteiger partial charge on any atom is 0.115 e. The van der Waals surface area contributed by atoms with Crippen LogP contribution in [0.1, 0.15) is 12.0 Å². The fraction of sp³-hybridized carbons (Fsp3) is 0.368. The molecule has 0 radical (unpaired) electrons. The molecule has 0 aliphatic heterocycles. The molecule has 0 spiro atoms. The number of hydrogen-bond acceptors (Lipinski definition) is 4. The van der Waals surface area contributed by atoms with Crippen LogP contribution in [-0.2, 0) is 6.42 Å². The van der Waals surface area contributed by atoms with Gasteiger partial charge < -0.3 is 20.6 Å². The second kappa shape index (κ2) is 9.74. The molecule has 1 unspecified atom stereocenters. The molecule has 0 saturated heterocycles. The number of nitrogens with one attached hydrogen (secondary N) is 2. The Morgan fingerprint density at radius 2 is 1.87 bits per heavy atom. The van der Waals surface area contributed by atoms with E-state index in [1.165, 1.54) is 5.56 Å². The van der Waals surface area contributed by atoms with Crippen molar-refractivity contribution in [3.63, 3.8) is 0 Å². The second-order valence-electron chi connectivity index (χ2n) is 5.89. The maximum atomic E-state index is 9.36. The Balaban J connectivity index is 2.40. The number of nitrogens with zero attached hydrogens (tertiary/aromatic N) is 1. The zero-order valence-corrected chi connectivity index (χ0v) is 14.3. The zero-order valence-electron chi connectivity index (χ0n) is 14.3. The number of aromatic hydroxyl groups is 1. The zero-order chi connectivity index (χ0) is 17.2. The first kappa shape index (κ1) is 18.8. The Bertz CT molecular complexity index is 520. The number of allylic oxidation sites excluding steroid dienone is 1. The van der Waals surface area contributed by atoms with Gasteiger partial charge in [-0.05, 0) is 44.6 Å². The summed E-state index contributed by atoms with van der Waals surface area (Å²) in [6.45, 7) is 13.2. The lowest BCUT2D eigenvalue weighted by atomic mass is 10.0. The van der Waals surface area contributed by atoms with E-state index in [0.29, 0.717) is 11.8 Å². The topological polar surface area (TPSA) is 47.5 Å². The van der Waals surface area contributed by atoms with E-state index >= 15 is 0 Å². The van der Waals surface area contributed by atoms with Crippen LogP contribution in [0.5, 0.6) is 5.75 Å². The lowest BCUT2D eigenvalue weighted by Gasteiger charge is -2.26. The smallest absolute Gasteiger partial charge is 0.115 e. The fourth-order valence-corrected chi connectivity index (χ4v) is 2.12. The largest absolute Gasteiger partial charge is 0.508 e. The Morgan fingerprint density at radius 1 is 1.22 bits per heavy atom. The molecule has 0 heterocycles. The third-order valence-electron chi connectivity index (χ3n) is 3.76. The van der Waals surface area contributed by atoms with Gasteiger partial charge in [0.05, 0.1) is 5.82 Å². The van der Waals surface area contributed by atoms with Gasteiger partial charge in [0.15, 0.2) is 0 Å². The monoisotopic (exact) mass is 315 g/mol. The highest BCUT2D eigenvalue weighted by atomic mass is 16.3. The van der Waals surface area contributed by atoms with Crippen molar-refractivity contribution in [2.45, 2.75) is 18.9 Å². The highest BCUT2D eigenvalue weighted by molar-refractivity contribution is 5.26. The van der Waals surface area contributed by atoms with Crippen LogP contribution in [-0.4, -0.2) is 43.2 Å². The van der Waals surface area contributed by atoms with Gasteiger partial charge in [0, 0.05) is 19.1 Å². The van der Waals surface area contributed by atoms with Crippen molar-refractivity contribution in [1.82, 2.24) is 15.5 Å². The number of benzene rings is 1. The number of hydrogen-bond donors (Lipinski definition) is 3. The highest BCUT2D eigenvalue weighted by Gasteiger charge is 2.12. The molecular weight excluding hydrogens is 286 g/mol. The van der Waals surface area contributed by atoms with Gasteiger partial charge in [0.2, 0.25) is 0 Å². The van der Waals surface area contributed by atoms with Crippen LogP contribution in [0.4, 0.5) is 0 Å². The lowest BCUT2D eigenvalue weighted by molar-refractivity contribution is 0.285. The summed E-state index contributed by atoms with van der Waals surface area (Å²) in [4.78, 5) is 2.19. The van der Waals surface area contributed by atoms with Crippen molar-refractivity contribution >= 4 is 0 Å². The van der Waals surface area contributed by atoms with Crippen molar-refractivity contribution in [2.75, 3.05) is 27.2 Å². The average Bonchev–Trinajstić information content (AvgIpc) is 2.52. The summed E-state index contributed by atoms with van der Waals surface area (Å²) in [5.41, 5.74) is 2.22. The molecule has 0 amide bonds. The van der Waals surface area contributed by atoms with Gasteiger partial charge in [0.25, 0.3) is 0 Å². The van der Waals surface area contributed by atoms with Gasteiger partial charge in [-0.15, -0.1) is 0 Å². The number of likely N-dealkylation sites (N-methyl/N-ethyl adjacent to an activating group) is 1. The molecule has 0 bridgehead atoms. The molecule has 1 aromatic rings. The van der Waals surface area contributed by atoms with E-state index in [1.54, 1.807) is 18.2 Å². The first-order valence-corrected chi connectivity index (χ1v) is 7.83. The molecular formula is C19H29N3O. The Kier molecular flexibility index (Phi) is 7.98. The van der Waals surface area contributed by atoms with E-state index in [2.05, 4.69) is 49.4 Å². The molecule has 126 valence electrons. The van der Waals surface area contributed by atoms with E-state index in [4.69, 9.17) is 0 Å². The van der Waals surface area contributed by atoms with Crippen molar-refractivity contribution in [3.05, 3.63) is 67.0 Å². The van der Waals surface area contributed by atoms with Crippen LogP contribution in [0.3, 0.4) is 0 Å². The van der Waals surface area contributed by atoms with Gasteiger partial charge in [0.1, 0.15) is 5.75 Å². The minimum atomic E-state index is 0.298. The van der Waals surface area contributed by atoms with Crippen LogP contribution >= 0.6 is 0 Å². The van der Waals surface area contributed by atoms with Crippen LogP contribution in [0.2, 0.25) is 0 Å². The van der Waals surface area contributed by atoms with E-state index in [9.17, 15) is 5.11 Å². The van der Waals surface area contributed by atoms with Crippen LogP contribution < -0.4 is 10.6 Å². The second-order valence-corrected chi connectivity index (χ2v) is 5.89. The van der Waals surface area contributed by atoms with Crippen molar-refractivity contribution in [1.29, 1.82) is 0 Å². The predicted octanol–water partition coefficient (Wildman–Crippen LogP) is 2.65. The molecule has 0 aromatic heterocycles. The summed E-state index contributed by atoms with van der Waals surface area (Å²) in [7, 11) is 4.13. The summed E-state index contributed by atoms with van der Waals surface area (Å²) < 4.78 is 0. The number of phenolic OH excluding ortho intramolecular Hbond substituents is 1. The SMILES string of the molecule is C=CC(=C)CCNC(=C)NCC(Cc1ccc(O)cc1)N(C)C. The molecule has 0 fully saturated rings. The maximum absolute atomic E-state index is 9.36. The van der Waals surface area contributed by atoms with Crippen molar-refractivity contribution in [3.8, 4) is 5.75 Å². The molecule has 1 atom stereocenters. The predicted molar refractivity (Wildman–Crippen MR) is 98.4 cm³/mol. The first-order chi connectivity index (χ1) is 10.9. The fourth-order valence-electron chi connectivity index (χ4n) is 2.12. The van der Waals surface area contributed by atoms with Gasteiger partial charge in [-0.25, -0.2) is 0 Å². The molecule has 0 aliphatic rings. The van der Waals surface area contributed by atoms with Crippen LogP contribution in [0.25, 0.3) is 0 Å². The van der Waals surface area contributed by atoms with Crippen molar-refractivity contribution < 1.29 is 5.11 Å². The van der Waals surface area contributed by atoms with E-state index in [-0.39, 0.29) is 0 Å². The van der Waals surface area contributed by atoms with Gasteiger partial charge >= 0.3 is 0 Å². The molecule has 0 aliphatic carbocycles. The average molecular weight is 315 g/mol. The molecule has 4 heteroatoms.